The second-order valence-electron chi connectivity index (χ2n) is 7.52. The number of ether oxygens (including phenoxy) is 1. The molecule has 2 atom stereocenters. The summed E-state index contributed by atoms with van der Waals surface area (Å²) < 4.78 is 5.28. The Morgan fingerprint density at radius 2 is 1.89 bits per heavy atom. The molecule has 0 spiro atoms. The largest absolute Gasteiger partial charge is 0.497 e. The molecule has 3 rings (SSSR count). The van der Waals surface area contributed by atoms with Gasteiger partial charge in [0.25, 0.3) is 0 Å². The van der Waals surface area contributed by atoms with Crippen LogP contribution in [0, 0.1) is 0 Å². The van der Waals surface area contributed by atoms with Gasteiger partial charge in [-0.25, -0.2) is 0 Å². The quantitative estimate of drug-likeness (QED) is 0.616. The number of aliphatic imine (C=N–C) groups is 1. The molecule has 0 saturated carbocycles. The monoisotopic (exact) mass is 380 g/mol. The second kappa shape index (κ2) is 9.60. The van der Waals surface area contributed by atoms with E-state index in [1.54, 1.807) is 7.11 Å². The molecule has 0 amide bonds. The number of nitrogens with one attached hydrogen (secondary N) is 1. The molecule has 28 heavy (non-hydrogen) atoms. The first-order valence-electron chi connectivity index (χ1n) is 9.93. The van der Waals surface area contributed by atoms with Gasteiger partial charge in [0.1, 0.15) is 5.75 Å². The van der Waals surface area contributed by atoms with Gasteiger partial charge in [-0.1, -0.05) is 42.5 Å². The summed E-state index contributed by atoms with van der Waals surface area (Å²) >= 11 is 0. The molecule has 2 aromatic carbocycles. The van der Waals surface area contributed by atoms with Crippen LogP contribution in [-0.2, 0) is 0 Å². The fourth-order valence-electron chi connectivity index (χ4n) is 3.89. The Labute approximate surface area is 169 Å². The van der Waals surface area contributed by atoms with Gasteiger partial charge in [0.05, 0.1) is 13.2 Å². The maximum Gasteiger partial charge on any atom is 0.193 e. The molecule has 5 nitrogen and oxygen atoms in total. The van der Waals surface area contributed by atoms with Gasteiger partial charge < -0.3 is 19.9 Å². The average Bonchev–Trinajstić information content (AvgIpc) is 3.22. The Balaban J connectivity index is 1.62. The fraction of sp³-hybridized carbons (Fsp3) is 0.435. The molecule has 0 aliphatic carbocycles. The minimum absolute atomic E-state index is 0.259. The van der Waals surface area contributed by atoms with E-state index in [0.717, 1.165) is 31.3 Å². The predicted molar refractivity (Wildman–Crippen MR) is 116 cm³/mol. The minimum Gasteiger partial charge on any atom is -0.497 e. The van der Waals surface area contributed by atoms with Crippen LogP contribution in [0.5, 0.6) is 5.75 Å². The Kier molecular flexibility index (Phi) is 6.93. The molecule has 2 unspecified atom stereocenters. The fourth-order valence-corrected chi connectivity index (χ4v) is 3.89. The molecule has 1 aliphatic rings. The molecule has 5 heteroatoms. The van der Waals surface area contributed by atoms with E-state index in [1.165, 1.54) is 17.5 Å². The van der Waals surface area contributed by atoms with Crippen LogP contribution in [0.4, 0.5) is 0 Å². The maximum absolute atomic E-state index is 5.28. The van der Waals surface area contributed by atoms with Crippen molar-refractivity contribution in [1.82, 2.24) is 15.1 Å². The van der Waals surface area contributed by atoms with Gasteiger partial charge in [0.2, 0.25) is 0 Å². The highest BCUT2D eigenvalue weighted by molar-refractivity contribution is 5.80. The highest BCUT2D eigenvalue weighted by Gasteiger charge is 2.26. The molecular weight excluding hydrogens is 348 g/mol. The normalized spacial score (nSPS) is 18.4. The number of hydrogen-bond donors (Lipinski definition) is 1. The van der Waals surface area contributed by atoms with E-state index >= 15 is 0 Å². The third kappa shape index (κ3) is 4.84. The molecular formula is C23H32N4O. The molecule has 1 fully saturated rings. The number of likely N-dealkylation sites (N-methyl/N-ethyl adjacent to an activating group) is 1. The molecule has 0 aromatic heterocycles. The van der Waals surface area contributed by atoms with Crippen molar-refractivity contribution in [3.63, 3.8) is 0 Å². The minimum atomic E-state index is 0.259. The SMILES string of the molecule is CN=C(NCC(c1ccc(OC)cc1)N(C)C)N1CCC(c2ccccc2)C1. The Morgan fingerprint density at radius 3 is 2.50 bits per heavy atom. The summed E-state index contributed by atoms with van der Waals surface area (Å²) in [5, 5.41) is 3.59. The highest BCUT2D eigenvalue weighted by atomic mass is 16.5. The van der Waals surface area contributed by atoms with Gasteiger partial charge in [-0.05, 0) is 43.8 Å². The molecule has 1 N–H and O–H groups in total. The first-order valence-corrected chi connectivity index (χ1v) is 9.93. The van der Waals surface area contributed by atoms with Crippen LogP contribution in [0.25, 0.3) is 0 Å². The van der Waals surface area contributed by atoms with Crippen molar-refractivity contribution in [2.24, 2.45) is 4.99 Å². The van der Waals surface area contributed by atoms with Crippen LogP contribution in [0.1, 0.15) is 29.5 Å². The van der Waals surface area contributed by atoms with Crippen molar-refractivity contribution in [3.05, 3.63) is 65.7 Å². The van der Waals surface area contributed by atoms with Crippen molar-refractivity contribution in [3.8, 4) is 5.75 Å². The van der Waals surface area contributed by atoms with Gasteiger partial charge in [0.15, 0.2) is 5.96 Å². The molecule has 0 bridgehead atoms. The van der Waals surface area contributed by atoms with Gasteiger partial charge in [-0.15, -0.1) is 0 Å². The van der Waals surface area contributed by atoms with E-state index in [9.17, 15) is 0 Å². The predicted octanol–water partition coefficient (Wildman–Crippen LogP) is 3.36. The summed E-state index contributed by atoms with van der Waals surface area (Å²) in [5.74, 6) is 2.44. The molecule has 0 radical (unpaired) electrons. The Morgan fingerprint density at radius 1 is 1.18 bits per heavy atom. The zero-order chi connectivity index (χ0) is 19.9. The lowest BCUT2D eigenvalue weighted by Gasteiger charge is -2.28. The number of hydrogen-bond acceptors (Lipinski definition) is 3. The first-order chi connectivity index (χ1) is 13.6. The number of nitrogens with zero attached hydrogens (tertiary/aromatic N) is 3. The Hall–Kier alpha value is -2.53. The number of rotatable bonds is 6. The van der Waals surface area contributed by atoms with Crippen molar-refractivity contribution in [1.29, 1.82) is 0 Å². The molecule has 150 valence electrons. The van der Waals surface area contributed by atoms with Gasteiger partial charge in [-0.2, -0.15) is 0 Å². The van der Waals surface area contributed by atoms with E-state index in [0.29, 0.717) is 5.92 Å². The second-order valence-corrected chi connectivity index (χ2v) is 7.52. The van der Waals surface area contributed by atoms with Crippen molar-refractivity contribution >= 4 is 5.96 Å². The van der Waals surface area contributed by atoms with Crippen molar-refractivity contribution in [2.45, 2.75) is 18.4 Å². The van der Waals surface area contributed by atoms with E-state index < -0.39 is 0 Å². The molecule has 1 heterocycles. The molecule has 1 aliphatic heterocycles. The summed E-state index contributed by atoms with van der Waals surface area (Å²) in [7, 11) is 7.79. The third-order valence-corrected chi connectivity index (χ3v) is 5.55. The van der Waals surface area contributed by atoms with Crippen molar-refractivity contribution in [2.75, 3.05) is 47.9 Å². The third-order valence-electron chi connectivity index (χ3n) is 5.55. The maximum atomic E-state index is 5.28. The average molecular weight is 381 g/mol. The first kappa shape index (κ1) is 20.2. The van der Waals surface area contributed by atoms with Gasteiger partial charge >= 0.3 is 0 Å². The zero-order valence-electron chi connectivity index (χ0n) is 17.4. The van der Waals surface area contributed by atoms with Crippen LogP contribution >= 0.6 is 0 Å². The van der Waals surface area contributed by atoms with E-state index in [4.69, 9.17) is 4.74 Å². The van der Waals surface area contributed by atoms with E-state index in [2.05, 4.69) is 76.7 Å². The van der Waals surface area contributed by atoms with Gasteiger partial charge in [-0.3, -0.25) is 4.99 Å². The molecule has 1 saturated heterocycles. The topological polar surface area (TPSA) is 40.1 Å². The standard InChI is InChI=1S/C23H32N4O/c1-24-23(27-15-14-20(17-27)18-8-6-5-7-9-18)25-16-22(26(2)3)19-10-12-21(28-4)13-11-19/h5-13,20,22H,14-17H2,1-4H3,(H,24,25). The summed E-state index contributed by atoms with van der Waals surface area (Å²) in [5.41, 5.74) is 2.68. The Bertz CT molecular complexity index is 758. The zero-order valence-corrected chi connectivity index (χ0v) is 17.4. The summed E-state index contributed by atoms with van der Waals surface area (Å²) in [6, 6.07) is 19.4. The number of guanidine groups is 1. The number of methoxy groups -OCH3 is 1. The summed E-state index contributed by atoms with van der Waals surface area (Å²) in [6.07, 6.45) is 1.17. The van der Waals surface area contributed by atoms with Gasteiger partial charge in [0, 0.05) is 32.6 Å². The van der Waals surface area contributed by atoms with Crippen LogP contribution in [0.3, 0.4) is 0 Å². The number of benzene rings is 2. The summed E-state index contributed by atoms with van der Waals surface area (Å²) in [6.45, 7) is 2.85. The lowest BCUT2D eigenvalue weighted by Crippen LogP contribution is -2.43. The van der Waals surface area contributed by atoms with Crippen LogP contribution in [0.2, 0.25) is 0 Å². The van der Waals surface area contributed by atoms with Crippen LogP contribution in [-0.4, -0.2) is 63.6 Å². The van der Waals surface area contributed by atoms with Crippen LogP contribution < -0.4 is 10.1 Å². The van der Waals surface area contributed by atoms with Crippen LogP contribution in [0.15, 0.2) is 59.6 Å². The smallest absolute Gasteiger partial charge is 0.193 e. The van der Waals surface area contributed by atoms with E-state index in [-0.39, 0.29) is 6.04 Å². The lowest BCUT2D eigenvalue weighted by atomic mass is 9.99. The molecule has 2 aromatic rings. The lowest BCUT2D eigenvalue weighted by molar-refractivity contribution is 0.295. The van der Waals surface area contributed by atoms with Crippen molar-refractivity contribution < 1.29 is 4.74 Å². The highest BCUT2D eigenvalue weighted by Crippen LogP contribution is 2.27. The van der Waals surface area contributed by atoms with E-state index in [1.807, 2.05) is 19.2 Å². The summed E-state index contributed by atoms with van der Waals surface area (Å²) in [4.78, 5) is 9.15. The number of likely N-dealkylation sites (tertiary alicyclic amines) is 1.